The second-order valence-corrected chi connectivity index (χ2v) is 5.63. The minimum Gasteiger partial charge on any atom is -0.496 e. The van der Waals surface area contributed by atoms with Crippen molar-refractivity contribution in [1.29, 1.82) is 0 Å². The summed E-state index contributed by atoms with van der Waals surface area (Å²) >= 11 is 6.02. The van der Waals surface area contributed by atoms with Crippen LogP contribution in [0.2, 0.25) is 5.02 Å². The Morgan fingerprint density at radius 1 is 1.30 bits per heavy atom. The first kappa shape index (κ1) is 17.0. The normalized spacial score (nSPS) is 11.8. The highest BCUT2D eigenvalue weighted by molar-refractivity contribution is 6.30. The number of hydrogen-bond acceptors (Lipinski definition) is 3. The first-order valence-electron chi connectivity index (χ1n) is 6.94. The monoisotopic (exact) mass is 297 g/mol. The fourth-order valence-corrected chi connectivity index (χ4v) is 2.94. The number of rotatable bonds is 7. The highest BCUT2D eigenvalue weighted by Crippen LogP contribution is 2.28. The SMILES string of the molecule is CCC(CC)(C(=O)Cc1cc(Cl)ccc1OC)N(C)C. The summed E-state index contributed by atoms with van der Waals surface area (Å²) < 4.78 is 5.32. The van der Waals surface area contributed by atoms with Crippen molar-refractivity contribution < 1.29 is 9.53 Å². The topological polar surface area (TPSA) is 29.5 Å². The molecule has 0 amide bonds. The summed E-state index contributed by atoms with van der Waals surface area (Å²) in [5.74, 6) is 0.913. The molecule has 0 aliphatic carbocycles. The number of benzene rings is 1. The number of hydrogen-bond donors (Lipinski definition) is 0. The Morgan fingerprint density at radius 2 is 1.90 bits per heavy atom. The van der Waals surface area contributed by atoms with Crippen LogP contribution in [0.25, 0.3) is 0 Å². The second kappa shape index (κ2) is 7.09. The van der Waals surface area contributed by atoms with Gasteiger partial charge in [0.2, 0.25) is 0 Å². The summed E-state index contributed by atoms with van der Waals surface area (Å²) in [6, 6.07) is 5.39. The molecular formula is C16H24ClNO2. The molecule has 112 valence electrons. The van der Waals surface area contributed by atoms with Crippen LogP contribution in [0, 0.1) is 0 Å². The minimum atomic E-state index is -0.423. The zero-order valence-corrected chi connectivity index (χ0v) is 13.8. The highest BCUT2D eigenvalue weighted by Gasteiger charge is 2.36. The molecule has 3 nitrogen and oxygen atoms in total. The molecular weight excluding hydrogens is 274 g/mol. The Labute approximate surface area is 126 Å². The van der Waals surface area contributed by atoms with Crippen LogP contribution in [-0.2, 0) is 11.2 Å². The summed E-state index contributed by atoms with van der Waals surface area (Å²) in [5.41, 5.74) is 0.422. The maximum absolute atomic E-state index is 12.8. The summed E-state index contributed by atoms with van der Waals surface area (Å²) in [6.45, 7) is 4.10. The van der Waals surface area contributed by atoms with E-state index >= 15 is 0 Å². The maximum atomic E-state index is 12.8. The van der Waals surface area contributed by atoms with Crippen molar-refractivity contribution in [3.05, 3.63) is 28.8 Å². The van der Waals surface area contributed by atoms with Gasteiger partial charge in [-0.3, -0.25) is 9.69 Å². The third-order valence-electron chi connectivity index (χ3n) is 4.14. The summed E-state index contributed by atoms with van der Waals surface area (Å²) in [5, 5.41) is 0.622. The molecule has 1 rings (SSSR count). The third kappa shape index (κ3) is 3.33. The number of carbonyl (C=O) groups is 1. The van der Waals surface area contributed by atoms with Crippen LogP contribution < -0.4 is 4.74 Å². The first-order valence-corrected chi connectivity index (χ1v) is 7.32. The van der Waals surface area contributed by atoms with E-state index in [2.05, 4.69) is 13.8 Å². The van der Waals surface area contributed by atoms with E-state index in [1.54, 1.807) is 19.2 Å². The molecule has 1 aromatic rings. The van der Waals surface area contributed by atoms with Crippen molar-refractivity contribution in [2.24, 2.45) is 0 Å². The van der Waals surface area contributed by atoms with E-state index in [0.29, 0.717) is 17.2 Å². The number of nitrogens with zero attached hydrogens (tertiary/aromatic N) is 1. The van der Waals surface area contributed by atoms with E-state index in [4.69, 9.17) is 16.3 Å². The zero-order valence-electron chi connectivity index (χ0n) is 13.0. The molecule has 0 saturated carbocycles. The van der Waals surface area contributed by atoms with Crippen molar-refractivity contribution in [2.75, 3.05) is 21.2 Å². The van der Waals surface area contributed by atoms with Gasteiger partial charge in [0, 0.05) is 17.0 Å². The molecule has 0 unspecified atom stereocenters. The molecule has 0 fully saturated rings. The molecule has 4 heteroatoms. The molecule has 0 aliphatic heterocycles. The Morgan fingerprint density at radius 3 is 2.35 bits per heavy atom. The third-order valence-corrected chi connectivity index (χ3v) is 4.37. The Kier molecular flexibility index (Phi) is 6.03. The summed E-state index contributed by atoms with van der Waals surface area (Å²) in [6.07, 6.45) is 1.92. The summed E-state index contributed by atoms with van der Waals surface area (Å²) in [4.78, 5) is 14.8. The predicted octanol–water partition coefficient (Wildman–Crippen LogP) is 3.58. The van der Waals surface area contributed by atoms with Crippen LogP contribution >= 0.6 is 11.6 Å². The Hall–Kier alpha value is -1.06. The summed E-state index contributed by atoms with van der Waals surface area (Å²) in [7, 11) is 5.52. The number of halogens is 1. The number of likely N-dealkylation sites (N-methyl/N-ethyl adjacent to an activating group) is 1. The van der Waals surface area contributed by atoms with Crippen LogP contribution in [0.3, 0.4) is 0 Å². The highest BCUT2D eigenvalue weighted by atomic mass is 35.5. The number of Topliss-reactive ketones (excluding diaryl/α,β-unsaturated/α-hetero) is 1. The number of methoxy groups -OCH3 is 1. The van der Waals surface area contributed by atoms with Gasteiger partial charge in [-0.1, -0.05) is 25.4 Å². The second-order valence-electron chi connectivity index (χ2n) is 5.19. The van der Waals surface area contributed by atoms with Crippen molar-refractivity contribution in [3.63, 3.8) is 0 Å². The van der Waals surface area contributed by atoms with Gasteiger partial charge in [-0.25, -0.2) is 0 Å². The van der Waals surface area contributed by atoms with Gasteiger partial charge in [0.1, 0.15) is 5.75 Å². The van der Waals surface area contributed by atoms with E-state index in [0.717, 1.165) is 18.4 Å². The van der Waals surface area contributed by atoms with Gasteiger partial charge in [0.05, 0.1) is 12.6 Å². The minimum absolute atomic E-state index is 0.202. The maximum Gasteiger partial charge on any atom is 0.157 e. The molecule has 0 spiro atoms. The lowest BCUT2D eigenvalue weighted by molar-refractivity contribution is -0.129. The molecule has 0 aromatic heterocycles. The molecule has 0 heterocycles. The van der Waals surface area contributed by atoms with Gasteiger partial charge < -0.3 is 4.74 Å². The molecule has 0 N–H and O–H groups in total. The standard InChI is InChI=1S/C16H24ClNO2/c1-6-16(7-2,18(3)4)15(19)11-12-10-13(17)8-9-14(12)20-5/h8-10H,6-7,11H2,1-5H3. The van der Waals surface area contributed by atoms with Crippen molar-refractivity contribution in [1.82, 2.24) is 4.90 Å². The average molecular weight is 298 g/mol. The van der Waals surface area contributed by atoms with Crippen molar-refractivity contribution in [3.8, 4) is 5.75 Å². The van der Waals surface area contributed by atoms with Crippen LogP contribution in [0.1, 0.15) is 32.3 Å². The number of ether oxygens (including phenoxy) is 1. The molecule has 0 saturated heterocycles. The molecule has 0 atom stereocenters. The van der Waals surface area contributed by atoms with Crippen LogP contribution in [0.4, 0.5) is 0 Å². The lowest BCUT2D eigenvalue weighted by atomic mass is 9.83. The Balaban J connectivity index is 3.08. The van der Waals surface area contributed by atoms with E-state index < -0.39 is 5.54 Å². The van der Waals surface area contributed by atoms with Gasteiger partial charge >= 0.3 is 0 Å². The number of ketones is 1. The smallest absolute Gasteiger partial charge is 0.157 e. The fourth-order valence-electron chi connectivity index (χ4n) is 2.75. The largest absolute Gasteiger partial charge is 0.496 e. The fraction of sp³-hybridized carbons (Fsp3) is 0.562. The van der Waals surface area contributed by atoms with Crippen molar-refractivity contribution in [2.45, 2.75) is 38.6 Å². The molecule has 0 aliphatic rings. The van der Waals surface area contributed by atoms with Crippen molar-refractivity contribution >= 4 is 17.4 Å². The first-order chi connectivity index (χ1) is 9.41. The quantitative estimate of drug-likeness (QED) is 0.770. The van der Waals surface area contributed by atoms with Crippen LogP contribution in [0.5, 0.6) is 5.75 Å². The zero-order chi connectivity index (χ0) is 15.3. The average Bonchev–Trinajstić information content (AvgIpc) is 2.40. The number of carbonyl (C=O) groups excluding carboxylic acids is 1. The van der Waals surface area contributed by atoms with Gasteiger partial charge in [0.25, 0.3) is 0 Å². The van der Waals surface area contributed by atoms with Crippen LogP contribution in [-0.4, -0.2) is 37.4 Å². The molecule has 1 aromatic carbocycles. The van der Waals surface area contributed by atoms with Gasteiger partial charge in [0.15, 0.2) is 5.78 Å². The van der Waals surface area contributed by atoms with Crippen LogP contribution in [0.15, 0.2) is 18.2 Å². The van der Waals surface area contributed by atoms with E-state index in [1.807, 2.05) is 25.1 Å². The lowest BCUT2D eigenvalue weighted by Crippen LogP contribution is -2.51. The predicted molar refractivity (Wildman–Crippen MR) is 83.7 cm³/mol. The Bertz CT molecular complexity index is 468. The van der Waals surface area contributed by atoms with E-state index in [-0.39, 0.29) is 5.78 Å². The molecule has 20 heavy (non-hydrogen) atoms. The lowest BCUT2D eigenvalue weighted by Gasteiger charge is -2.37. The molecule has 0 radical (unpaired) electrons. The molecule has 0 bridgehead atoms. The van der Waals surface area contributed by atoms with E-state index in [9.17, 15) is 4.79 Å². The van der Waals surface area contributed by atoms with E-state index in [1.165, 1.54) is 0 Å². The van der Waals surface area contributed by atoms with Gasteiger partial charge in [-0.05, 0) is 45.1 Å². The van der Waals surface area contributed by atoms with Gasteiger partial charge in [-0.2, -0.15) is 0 Å². The van der Waals surface area contributed by atoms with Gasteiger partial charge in [-0.15, -0.1) is 0 Å².